The lowest BCUT2D eigenvalue weighted by molar-refractivity contribution is -0.117. The maximum Gasteiger partial charge on any atom is 0.339 e. The van der Waals surface area contributed by atoms with Gasteiger partial charge in [0.1, 0.15) is 11.3 Å². The Kier molecular flexibility index (Phi) is 6.17. The summed E-state index contributed by atoms with van der Waals surface area (Å²) in [4.78, 5) is 22.7. The number of hydrogen-bond donors (Lipinski definition) is 4. The third-order valence-corrected chi connectivity index (χ3v) is 3.12. The number of nitrogens with one attached hydrogen (secondary N) is 1. The minimum Gasteiger partial charge on any atom is -0.507 e. The van der Waals surface area contributed by atoms with Crippen LogP contribution in [0.15, 0.2) is 18.2 Å². The molecule has 1 unspecified atom stereocenters. The lowest BCUT2D eigenvalue weighted by atomic mass is 9.94. The van der Waals surface area contributed by atoms with Crippen LogP contribution in [0.1, 0.15) is 37.0 Å². The number of aromatic carboxylic acids is 1. The van der Waals surface area contributed by atoms with Crippen LogP contribution in [0.2, 0.25) is 0 Å². The van der Waals surface area contributed by atoms with E-state index in [1.807, 2.05) is 0 Å². The Balaban J connectivity index is 2.66. The first-order valence-electron chi connectivity index (χ1n) is 6.89. The largest absolute Gasteiger partial charge is 0.507 e. The first kappa shape index (κ1) is 17.0. The molecular formula is C15H22N2O4. The van der Waals surface area contributed by atoms with Gasteiger partial charge in [0.25, 0.3) is 0 Å². The quantitative estimate of drug-likeness (QED) is 0.614. The summed E-state index contributed by atoms with van der Waals surface area (Å²) in [5.74, 6) is -1.22. The van der Waals surface area contributed by atoms with E-state index in [1.54, 1.807) is 0 Å². The standard InChI is InChI=1S/C15H22N2O4/c1-9(2)5-10(8-16)6-14(19)17-11-3-4-12(15(20)21)13(18)7-11/h3-4,7,9-10,18H,5-6,8,16H2,1-2H3,(H,17,19)(H,20,21). The van der Waals surface area contributed by atoms with Gasteiger partial charge in [0.2, 0.25) is 5.91 Å². The van der Waals surface area contributed by atoms with Crippen molar-refractivity contribution in [2.45, 2.75) is 26.7 Å². The molecule has 1 aromatic carbocycles. The summed E-state index contributed by atoms with van der Waals surface area (Å²) in [6.45, 7) is 4.58. The number of nitrogens with two attached hydrogens (primary N) is 1. The molecule has 116 valence electrons. The Morgan fingerprint density at radius 1 is 1.33 bits per heavy atom. The summed E-state index contributed by atoms with van der Waals surface area (Å²) in [7, 11) is 0. The number of carboxylic acids is 1. The molecule has 0 spiro atoms. The first-order chi connectivity index (χ1) is 9.83. The third-order valence-electron chi connectivity index (χ3n) is 3.12. The fourth-order valence-electron chi connectivity index (χ4n) is 2.19. The molecule has 0 aromatic heterocycles. The van der Waals surface area contributed by atoms with Crippen LogP contribution < -0.4 is 11.1 Å². The fourth-order valence-corrected chi connectivity index (χ4v) is 2.19. The summed E-state index contributed by atoms with van der Waals surface area (Å²) in [6, 6.07) is 3.92. The Labute approximate surface area is 124 Å². The number of amides is 1. The zero-order valence-electron chi connectivity index (χ0n) is 12.3. The van der Waals surface area contributed by atoms with Gasteiger partial charge in [-0.25, -0.2) is 4.79 Å². The molecule has 1 aromatic rings. The van der Waals surface area contributed by atoms with Gasteiger partial charge in [-0.1, -0.05) is 13.8 Å². The van der Waals surface area contributed by atoms with Gasteiger partial charge in [0, 0.05) is 18.2 Å². The molecule has 0 aliphatic heterocycles. The van der Waals surface area contributed by atoms with Crippen molar-refractivity contribution in [3.63, 3.8) is 0 Å². The second-order valence-electron chi connectivity index (χ2n) is 5.52. The van der Waals surface area contributed by atoms with Crippen molar-refractivity contribution in [1.82, 2.24) is 0 Å². The Bertz CT molecular complexity index is 514. The average molecular weight is 294 g/mol. The third kappa shape index (κ3) is 5.43. The number of carbonyl (C=O) groups is 2. The maximum absolute atomic E-state index is 11.9. The van der Waals surface area contributed by atoms with Crippen LogP contribution in [-0.2, 0) is 4.79 Å². The molecule has 0 saturated heterocycles. The number of carbonyl (C=O) groups excluding carboxylic acids is 1. The second kappa shape index (κ2) is 7.64. The molecule has 0 radical (unpaired) electrons. The van der Waals surface area contributed by atoms with Crippen molar-refractivity contribution in [1.29, 1.82) is 0 Å². The normalized spacial score (nSPS) is 12.2. The molecule has 1 atom stereocenters. The zero-order chi connectivity index (χ0) is 16.0. The summed E-state index contributed by atoms with van der Waals surface area (Å²) in [5, 5.41) is 21.0. The zero-order valence-corrected chi connectivity index (χ0v) is 12.3. The van der Waals surface area contributed by atoms with Crippen LogP contribution in [0, 0.1) is 11.8 Å². The van der Waals surface area contributed by atoms with Crippen molar-refractivity contribution in [2.75, 3.05) is 11.9 Å². The van der Waals surface area contributed by atoms with Crippen molar-refractivity contribution in [2.24, 2.45) is 17.6 Å². The topological polar surface area (TPSA) is 113 Å². The number of aromatic hydroxyl groups is 1. The summed E-state index contributed by atoms with van der Waals surface area (Å²) in [6.07, 6.45) is 1.17. The number of phenols is 1. The molecule has 5 N–H and O–H groups in total. The molecule has 21 heavy (non-hydrogen) atoms. The van der Waals surface area contributed by atoms with E-state index in [1.165, 1.54) is 18.2 Å². The van der Waals surface area contributed by atoms with Gasteiger partial charge in [-0.05, 0) is 36.9 Å². The molecule has 0 aliphatic rings. The smallest absolute Gasteiger partial charge is 0.339 e. The highest BCUT2D eigenvalue weighted by Crippen LogP contribution is 2.22. The Morgan fingerprint density at radius 3 is 2.48 bits per heavy atom. The summed E-state index contributed by atoms with van der Waals surface area (Å²) in [5.41, 5.74) is 5.82. The molecule has 0 aliphatic carbocycles. The van der Waals surface area contributed by atoms with Crippen LogP contribution in [0.5, 0.6) is 5.75 Å². The number of hydrogen-bond acceptors (Lipinski definition) is 4. The highest BCUT2D eigenvalue weighted by Gasteiger charge is 2.15. The van der Waals surface area contributed by atoms with Crippen LogP contribution in [0.3, 0.4) is 0 Å². The van der Waals surface area contributed by atoms with Gasteiger partial charge in [-0.3, -0.25) is 4.79 Å². The van der Waals surface area contributed by atoms with Crippen molar-refractivity contribution < 1.29 is 19.8 Å². The van der Waals surface area contributed by atoms with E-state index in [2.05, 4.69) is 19.2 Å². The van der Waals surface area contributed by atoms with Crippen LogP contribution in [0.4, 0.5) is 5.69 Å². The number of anilines is 1. The number of benzene rings is 1. The highest BCUT2D eigenvalue weighted by atomic mass is 16.4. The fraction of sp³-hybridized carbons (Fsp3) is 0.467. The predicted molar refractivity (Wildman–Crippen MR) is 80.3 cm³/mol. The van der Waals surface area contributed by atoms with Crippen LogP contribution in [0.25, 0.3) is 0 Å². The van der Waals surface area contributed by atoms with E-state index in [0.717, 1.165) is 6.42 Å². The van der Waals surface area contributed by atoms with Gasteiger partial charge >= 0.3 is 5.97 Å². The molecule has 0 fully saturated rings. The Hall–Kier alpha value is -2.08. The molecule has 0 saturated carbocycles. The minimum atomic E-state index is -1.22. The highest BCUT2D eigenvalue weighted by molar-refractivity contribution is 5.94. The summed E-state index contributed by atoms with van der Waals surface area (Å²) >= 11 is 0. The predicted octanol–water partition coefficient (Wildman–Crippen LogP) is 2.04. The van der Waals surface area contributed by atoms with Crippen molar-refractivity contribution in [3.8, 4) is 5.75 Å². The van der Waals surface area contributed by atoms with Gasteiger partial charge < -0.3 is 21.3 Å². The lowest BCUT2D eigenvalue weighted by Gasteiger charge is -2.16. The van der Waals surface area contributed by atoms with Gasteiger partial charge in [0.15, 0.2) is 0 Å². The van der Waals surface area contributed by atoms with Crippen molar-refractivity contribution >= 4 is 17.6 Å². The minimum absolute atomic E-state index is 0.108. The maximum atomic E-state index is 11.9. The second-order valence-corrected chi connectivity index (χ2v) is 5.52. The van der Waals surface area contributed by atoms with Crippen LogP contribution >= 0.6 is 0 Å². The molecule has 0 bridgehead atoms. The van der Waals surface area contributed by atoms with E-state index < -0.39 is 5.97 Å². The van der Waals surface area contributed by atoms with E-state index in [9.17, 15) is 14.7 Å². The molecule has 6 nitrogen and oxygen atoms in total. The first-order valence-corrected chi connectivity index (χ1v) is 6.89. The van der Waals surface area contributed by atoms with E-state index in [-0.39, 0.29) is 23.1 Å². The van der Waals surface area contributed by atoms with Gasteiger partial charge in [-0.15, -0.1) is 0 Å². The average Bonchev–Trinajstić information content (AvgIpc) is 2.36. The summed E-state index contributed by atoms with van der Waals surface area (Å²) < 4.78 is 0. The lowest BCUT2D eigenvalue weighted by Crippen LogP contribution is -2.23. The monoisotopic (exact) mass is 294 g/mol. The van der Waals surface area contributed by atoms with Crippen LogP contribution in [-0.4, -0.2) is 28.6 Å². The van der Waals surface area contributed by atoms with Gasteiger partial charge in [-0.2, -0.15) is 0 Å². The molecule has 0 heterocycles. The van der Waals surface area contributed by atoms with Crippen molar-refractivity contribution in [3.05, 3.63) is 23.8 Å². The number of carboxylic acid groups (broad SMARTS) is 1. The van der Waals surface area contributed by atoms with E-state index in [0.29, 0.717) is 24.6 Å². The molecule has 6 heteroatoms. The number of rotatable bonds is 7. The van der Waals surface area contributed by atoms with E-state index in [4.69, 9.17) is 10.8 Å². The molecule has 1 rings (SSSR count). The van der Waals surface area contributed by atoms with Gasteiger partial charge in [0.05, 0.1) is 0 Å². The molecule has 1 amide bonds. The van der Waals surface area contributed by atoms with E-state index >= 15 is 0 Å². The SMILES string of the molecule is CC(C)CC(CN)CC(=O)Nc1ccc(C(=O)O)c(O)c1. The Morgan fingerprint density at radius 2 is 2.00 bits per heavy atom. The molecular weight excluding hydrogens is 272 g/mol.